The van der Waals surface area contributed by atoms with E-state index in [-0.39, 0.29) is 5.91 Å². The maximum atomic E-state index is 12.4. The minimum Gasteiger partial charge on any atom is -0.495 e. The van der Waals surface area contributed by atoms with Crippen LogP contribution in [0.1, 0.15) is 6.92 Å². The van der Waals surface area contributed by atoms with Gasteiger partial charge in [-0.15, -0.1) is 16.4 Å². The van der Waals surface area contributed by atoms with E-state index < -0.39 is 5.25 Å². The highest BCUT2D eigenvalue weighted by atomic mass is 35.5. The van der Waals surface area contributed by atoms with E-state index in [4.69, 9.17) is 16.3 Å². The number of aromatic nitrogens is 3. The van der Waals surface area contributed by atoms with Crippen LogP contribution in [-0.2, 0) is 4.79 Å². The second kappa shape index (κ2) is 7.90. The molecule has 130 valence electrons. The van der Waals surface area contributed by atoms with Crippen molar-refractivity contribution in [3.8, 4) is 16.5 Å². The first-order valence-electron chi connectivity index (χ1n) is 7.34. The van der Waals surface area contributed by atoms with Gasteiger partial charge in [0.15, 0.2) is 5.82 Å². The molecule has 25 heavy (non-hydrogen) atoms. The minimum atomic E-state index is -0.393. The zero-order chi connectivity index (χ0) is 17.8. The van der Waals surface area contributed by atoms with E-state index in [9.17, 15) is 4.79 Å². The molecule has 2 heterocycles. The van der Waals surface area contributed by atoms with Gasteiger partial charge in [0.05, 0.1) is 22.9 Å². The lowest BCUT2D eigenvalue weighted by molar-refractivity contribution is -0.115. The Balaban J connectivity index is 1.66. The van der Waals surface area contributed by atoms with Crippen molar-refractivity contribution in [3.05, 3.63) is 40.7 Å². The van der Waals surface area contributed by atoms with Crippen molar-refractivity contribution in [3.63, 3.8) is 0 Å². The predicted molar refractivity (Wildman–Crippen MR) is 102 cm³/mol. The van der Waals surface area contributed by atoms with Crippen LogP contribution in [0, 0.1) is 0 Å². The molecule has 0 aliphatic heterocycles. The number of ether oxygens (including phenoxy) is 1. The average molecular weight is 395 g/mol. The number of rotatable bonds is 6. The Morgan fingerprint density at radius 2 is 2.28 bits per heavy atom. The highest BCUT2D eigenvalue weighted by Crippen LogP contribution is 2.29. The minimum absolute atomic E-state index is 0.187. The number of carbonyl (C=O) groups is 1. The topological polar surface area (TPSA) is 79.9 Å². The predicted octanol–water partition coefficient (Wildman–Crippen LogP) is 4.31. The van der Waals surface area contributed by atoms with Crippen LogP contribution in [0.25, 0.3) is 10.7 Å². The van der Waals surface area contributed by atoms with Crippen LogP contribution in [0.3, 0.4) is 0 Å². The highest BCUT2D eigenvalue weighted by Gasteiger charge is 2.19. The van der Waals surface area contributed by atoms with Crippen molar-refractivity contribution in [2.24, 2.45) is 0 Å². The van der Waals surface area contributed by atoms with E-state index in [0.29, 0.717) is 27.4 Å². The summed E-state index contributed by atoms with van der Waals surface area (Å²) in [6.07, 6.45) is 0. The number of anilines is 1. The zero-order valence-electron chi connectivity index (χ0n) is 13.4. The molecule has 1 aromatic carbocycles. The Labute approximate surface area is 158 Å². The first kappa shape index (κ1) is 17.8. The number of methoxy groups -OCH3 is 1. The molecule has 2 aromatic heterocycles. The van der Waals surface area contributed by atoms with E-state index in [1.54, 1.807) is 36.5 Å². The monoisotopic (exact) mass is 394 g/mol. The van der Waals surface area contributed by atoms with Gasteiger partial charge in [-0.25, -0.2) is 4.98 Å². The SMILES string of the molecule is COc1ccc(Cl)cc1NC(=O)[C@H](C)Sc1n[nH]c(-c2cccs2)n1. The van der Waals surface area contributed by atoms with Crippen molar-refractivity contribution in [1.29, 1.82) is 0 Å². The van der Waals surface area contributed by atoms with Gasteiger partial charge in [0.1, 0.15) is 5.75 Å². The Hall–Kier alpha value is -2.03. The number of nitrogens with one attached hydrogen (secondary N) is 2. The van der Waals surface area contributed by atoms with Gasteiger partial charge in [-0.2, -0.15) is 0 Å². The molecular weight excluding hydrogens is 380 g/mol. The van der Waals surface area contributed by atoms with Crippen LogP contribution in [0.2, 0.25) is 5.02 Å². The lowest BCUT2D eigenvalue weighted by atomic mass is 10.3. The zero-order valence-corrected chi connectivity index (χ0v) is 15.8. The van der Waals surface area contributed by atoms with Crippen molar-refractivity contribution >= 4 is 46.3 Å². The van der Waals surface area contributed by atoms with E-state index in [1.165, 1.54) is 18.9 Å². The third kappa shape index (κ3) is 4.33. The third-order valence-electron chi connectivity index (χ3n) is 3.29. The Bertz CT molecular complexity index is 867. The number of amides is 1. The molecule has 0 aliphatic carbocycles. The first-order valence-corrected chi connectivity index (χ1v) is 9.48. The highest BCUT2D eigenvalue weighted by molar-refractivity contribution is 8.00. The van der Waals surface area contributed by atoms with Crippen LogP contribution < -0.4 is 10.1 Å². The van der Waals surface area contributed by atoms with Crippen molar-refractivity contribution in [1.82, 2.24) is 15.2 Å². The number of thiophene rings is 1. The number of carbonyl (C=O) groups excluding carboxylic acids is 1. The smallest absolute Gasteiger partial charge is 0.237 e. The largest absolute Gasteiger partial charge is 0.495 e. The lowest BCUT2D eigenvalue weighted by Gasteiger charge is -2.13. The number of nitrogens with zero attached hydrogens (tertiary/aromatic N) is 2. The van der Waals surface area contributed by atoms with E-state index in [1.807, 2.05) is 17.5 Å². The molecule has 1 atom stereocenters. The normalized spacial score (nSPS) is 12.0. The van der Waals surface area contributed by atoms with Crippen LogP contribution >= 0.6 is 34.7 Å². The van der Waals surface area contributed by atoms with E-state index >= 15 is 0 Å². The molecule has 0 fully saturated rings. The molecule has 0 saturated carbocycles. The maximum absolute atomic E-state index is 12.4. The Morgan fingerprint density at radius 3 is 3.00 bits per heavy atom. The number of benzene rings is 1. The molecule has 0 saturated heterocycles. The second-order valence-corrected chi connectivity index (χ2v) is 7.73. The molecule has 0 bridgehead atoms. The average Bonchev–Trinajstić information content (AvgIpc) is 3.26. The van der Waals surface area contributed by atoms with Crippen molar-refractivity contribution in [2.75, 3.05) is 12.4 Å². The molecule has 2 N–H and O–H groups in total. The molecule has 0 spiro atoms. The summed E-state index contributed by atoms with van der Waals surface area (Å²) in [6, 6.07) is 8.97. The fraction of sp³-hybridized carbons (Fsp3) is 0.188. The third-order valence-corrected chi connectivity index (χ3v) is 5.36. The van der Waals surface area contributed by atoms with Gasteiger partial charge in [-0.05, 0) is 36.6 Å². The summed E-state index contributed by atoms with van der Waals surface area (Å²) in [6.45, 7) is 1.79. The number of hydrogen-bond donors (Lipinski definition) is 2. The van der Waals surface area contributed by atoms with Gasteiger partial charge < -0.3 is 10.1 Å². The van der Waals surface area contributed by atoms with Gasteiger partial charge >= 0.3 is 0 Å². The molecule has 3 aromatic rings. The molecule has 9 heteroatoms. The molecule has 0 radical (unpaired) electrons. The first-order chi connectivity index (χ1) is 12.1. The lowest BCUT2D eigenvalue weighted by Crippen LogP contribution is -2.22. The summed E-state index contributed by atoms with van der Waals surface area (Å²) in [4.78, 5) is 17.8. The van der Waals surface area contributed by atoms with Crippen LogP contribution in [0.4, 0.5) is 5.69 Å². The van der Waals surface area contributed by atoms with Gasteiger partial charge in [0.25, 0.3) is 0 Å². The summed E-state index contributed by atoms with van der Waals surface area (Å²) in [5, 5.41) is 12.5. The summed E-state index contributed by atoms with van der Waals surface area (Å²) in [5.41, 5.74) is 0.529. The fourth-order valence-corrected chi connectivity index (χ4v) is 3.61. The number of hydrogen-bond acceptors (Lipinski definition) is 6. The van der Waals surface area contributed by atoms with E-state index in [0.717, 1.165) is 4.88 Å². The molecule has 0 unspecified atom stereocenters. The van der Waals surface area contributed by atoms with Crippen LogP contribution in [-0.4, -0.2) is 33.4 Å². The quantitative estimate of drug-likeness (QED) is 0.609. The standard InChI is InChI=1S/C16H15ClN4O2S2/c1-9(15(22)18-11-8-10(17)5-6-12(11)23-2)25-16-19-14(20-21-16)13-4-3-7-24-13/h3-9H,1-2H3,(H,18,22)(H,19,20,21)/t9-/m0/s1. The maximum Gasteiger partial charge on any atom is 0.237 e. The summed E-state index contributed by atoms with van der Waals surface area (Å²) >= 11 is 8.83. The van der Waals surface area contributed by atoms with Crippen molar-refractivity contribution in [2.45, 2.75) is 17.3 Å². The fourth-order valence-electron chi connectivity index (χ4n) is 2.05. The summed E-state index contributed by atoms with van der Waals surface area (Å²) in [7, 11) is 1.54. The van der Waals surface area contributed by atoms with Crippen molar-refractivity contribution < 1.29 is 9.53 Å². The number of H-pyrrole nitrogens is 1. The number of aromatic amines is 1. The molecule has 6 nitrogen and oxygen atoms in total. The van der Waals surface area contributed by atoms with Crippen LogP contribution in [0.15, 0.2) is 40.9 Å². The second-order valence-electron chi connectivity index (χ2n) is 5.04. The van der Waals surface area contributed by atoms with Gasteiger partial charge in [0, 0.05) is 5.02 Å². The summed E-state index contributed by atoms with van der Waals surface area (Å²) < 4.78 is 5.24. The Morgan fingerprint density at radius 1 is 1.44 bits per heavy atom. The van der Waals surface area contributed by atoms with E-state index in [2.05, 4.69) is 20.5 Å². The number of thioether (sulfide) groups is 1. The molecule has 0 aliphatic rings. The van der Waals surface area contributed by atoms with Gasteiger partial charge in [-0.3, -0.25) is 9.89 Å². The Kier molecular flexibility index (Phi) is 5.62. The van der Waals surface area contributed by atoms with Gasteiger partial charge in [0.2, 0.25) is 11.1 Å². The van der Waals surface area contributed by atoms with Crippen LogP contribution in [0.5, 0.6) is 5.75 Å². The summed E-state index contributed by atoms with van der Waals surface area (Å²) in [5.74, 6) is 1.06. The molecule has 3 rings (SSSR count). The molecular formula is C16H15ClN4O2S2. The van der Waals surface area contributed by atoms with Gasteiger partial charge in [-0.1, -0.05) is 29.4 Å². The molecule has 1 amide bonds. The number of halogens is 1.